The van der Waals surface area contributed by atoms with E-state index < -0.39 is 5.41 Å². The minimum Gasteiger partial charge on any atom is -0.507 e. The second kappa shape index (κ2) is 24.0. The molecule has 0 saturated carbocycles. The Hall–Kier alpha value is -3.42. The molecule has 4 saturated heterocycles. The highest BCUT2D eigenvalue weighted by Gasteiger charge is 2.37. The van der Waals surface area contributed by atoms with Crippen molar-refractivity contribution in [2.24, 2.45) is 0 Å². The van der Waals surface area contributed by atoms with Crippen LogP contribution in [-0.2, 0) is 63.6 Å². The molecule has 0 aromatic heterocycles. The first-order valence-electron chi connectivity index (χ1n) is 24.1. The molecule has 4 aliphatic rings. The largest absolute Gasteiger partial charge is 0.507 e. The maximum atomic E-state index is 12.3. The number of ether oxygens (including phenoxy) is 4. The molecule has 0 aliphatic carbocycles. The summed E-state index contributed by atoms with van der Waals surface area (Å²) in [6, 6.07) is 13.0. The number of aliphatic hydroxyl groups is 2. The highest BCUT2D eigenvalue weighted by molar-refractivity contribution is 5.60. The summed E-state index contributed by atoms with van der Waals surface area (Å²) in [4.78, 5) is 13.6. The molecule has 0 bridgehead atoms. The van der Waals surface area contributed by atoms with E-state index >= 15 is 0 Å². The van der Waals surface area contributed by atoms with E-state index in [2.05, 4.69) is 86.6 Å². The number of rotatable bonds is 21. The lowest BCUT2D eigenvalue weighted by molar-refractivity contribution is 0.0326. The standard InChI is InChI=1S/C50H76N6O9/c1-4-51(6-16-57)32-38-26-44(27-39(47(38)59)33-52(5-2)7-17-58)50(3,45-28-40(34-53-8-18-62-19-9-53)48(60)41(29-45)35-54-10-20-63-21-11-54)46-30-42(36-55-12-22-64-23-13-55)49(61)43(31-46)37-56-14-24-65-25-15-56/h26-31,57-61H,4-25,32-37H2,1-3H3. The first-order valence-corrected chi connectivity index (χ1v) is 24.1. The predicted molar refractivity (Wildman–Crippen MR) is 250 cm³/mol. The van der Waals surface area contributed by atoms with Crippen LogP contribution in [0.1, 0.15) is 70.8 Å². The zero-order valence-electron chi connectivity index (χ0n) is 39.3. The Morgan fingerprint density at radius 3 is 0.938 bits per heavy atom. The van der Waals surface area contributed by atoms with Gasteiger partial charge in [-0.05, 0) is 73.1 Å². The van der Waals surface area contributed by atoms with Gasteiger partial charge in [-0.3, -0.25) is 29.4 Å². The summed E-state index contributed by atoms with van der Waals surface area (Å²) < 4.78 is 23.0. The third-order valence-corrected chi connectivity index (χ3v) is 14.0. The molecule has 4 heterocycles. The van der Waals surface area contributed by atoms with Gasteiger partial charge in [0.1, 0.15) is 17.2 Å². The molecule has 65 heavy (non-hydrogen) atoms. The van der Waals surface area contributed by atoms with Gasteiger partial charge in [-0.15, -0.1) is 0 Å². The Balaban J connectivity index is 1.49. The van der Waals surface area contributed by atoms with E-state index in [4.69, 9.17) is 18.9 Å². The average Bonchev–Trinajstić information content (AvgIpc) is 3.33. The van der Waals surface area contributed by atoms with Crippen LogP contribution < -0.4 is 0 Å². The van der Waals surface area contributed by atoms with Gasteiger partial charge in [0.15, 0.2) is 0 Å². The second-order valence-corrected chi connectivity index (χ2v) is 18.3. The zero-order valence-corrected chi connectivity index (χ0v) is 39.3. The van der Waals surface area contributed by atoms with E-state index in [1.165, 1.54) is 0 Å². The minimum atomic E-state index is -0.889. The number of benzene rings is 3. The summed E-state index contributed by atoms with van der Waals surface area (Å²) >= 11 is 0. The molecule has 15 heteroatoms. The number of phenolic OH excluding ortho intramolecular Hbond substituents is 3. The highest BCUT2D eigenvalue weighted by atomic mass is 16.5. The van der Waals surface area contributed by atoms with Gasteiger partial charge in [0.2, 0.25) is 0 Å². The molecule has 0 amide bonds. The summed E-state index contributed by atoms with van der Waals surface area (Å²) in [5.74, 6) is 0.818. The molecule has 15 nitrogen and oxygen atoms in total. The number of nitrogens with zero attached hydrogens (tertiary/aromatic N) is 6. The van der Waals surface area contributed by atoms with E-state index in [1.807, 2.05) is 0 Å². The summed E-state index contributed by atoms with van der Waals surface area (Å²) in [7, 11) is 0. The number of likely N-dealkylation sites (N-methyl/N-ethyl adjacent to an activating group) is 2. The summed E-state index contributed by atoms with van der Waals surface area (Å²) in [5.41, 5.74) is 6.95. The lowest BCUT2D eigenvalue weighted by Gasteiger charge is -2.37. The van der Waals surface area contributed by atoms with E-state index in [0.29, 0.717) is 130 Å². The average molecular weight is 905 g/mol. The molecule has 0 atom stereocenters. The molecule has 3 aromatic carbocycles. The zero-order chi connectivity index (χ0) is 45.8. The SMILES string of the molecule is CCN(CCO)Cc1cc(C(C)(c2cc(CN3CCOCC3)c(O)c(CN3CCOCC3)c2)c2cc(CN3CCOCC3)c(O)c(CN3CCOCC3)c2)cc(CN(CC)CCO)c1O. The molecule has 7 rings (SSSR count). The number of morpholine rings is 4. The molecule has 0 radical (unpaired) electrons. The Bertz CT molecular complexity index is 1660. The van der Waals surface area contributed by atoms with Crippen molar-refractivity contribution >= 4 is 0 Å². The van der Waals surface area contributed by atoms with Crippen molar-refractivity contribution in [3.8, 4) is 17.2 Å². The Morgan fingerprint density at radius 1 is 0.446 bits per heavy atom. The summed E-state index contributed by atoms with van der Waals surface area (Å²) in [5, 5.41) is 56.9. The van der Waals surface area contributed by atoms with Crippen LogP contribution >= 0.6 is 0 Å². The third-order valence-electron chi connectivity index (χ3n) is 14.0. The van der Waals surface area contributed by atoms with E-state index in [9.17, 15) is 25.5 Å². The van der Waals surface area contributed by atoms with Crippen LogP contribution in [0.25, 0.3) is 0 Å². The van der Waals surface area contributed by atoms with Crippen molar-refractivity contribution in [2.45, 2.75) is 65.5 Å². The molecular formula is C50H76N6O9. The number of phenols is 3. The molecule has 4 fully saturated rings. The van der Waals surface area contributed by atoms with E-state index in [1.54, 1.807) is 0 Å². The Labute approximate surface area is 386 Å². The topological polar surface area (TPSA) is 158 Å². The van der Waals surface area contributed by atoms with Gasteiger partial charge in [0.25, 0.3) is 0 Å². The number of aromatic hydroxyl groups is 3. The smallest absolute Gasteiger partial charge is 0.124 e. The molecular weight excluding hydrogens is 829 g/mol. The Kier molecular flexibility index (Phi) is 18.3. The molecule has 5 N–H and O–H groups in total. The van der Waals surface area contributed by atoms with E-state index in [0.717, 1.165) is 102 Å². The van der Waals surface area contributed by atoms with Gasteiger partial charge in [0, 0.05) is 144 Å². The number of hydrogen-bond donors (Lipinski definition) is 5. The molecule has 3 aromatic rings. The molecule has 360 valence electrons. The number of aliphatic hydroxyl groups excluding tert-OH is 2. The summed E-state index contributed by atoms with van der Waals surface area (Å²) in [6.07, 6.45) is 0. The van der Waals surface area contributed by atoms with Gasteiger partial charge in [-0.2, -0.15) is 0 Å². The third kappa shape index (κ3) is 12.6. The predicted octanol–water partition coefficient (Wildman–Crippen LogP) is 3.11. The fourth-order valence-corrected chi connectivity index (χ4v) is 9.83. The fraction of sp³-hybridized carbons (Fsp3) is 0.640. The van der Waals surface area contributed by atoms with Crippen molar-refractivity contribution in [3.63, 3.8) is 0 Å². The maximum absolute atomic E-state index is 12.3. The van der Waals surface area contributed by atoms with Crippen LogP contribution in [0.15, 0.2) is 36.4 Å². The van der Waals surface area contributed by atoms with Crippen molar-refractivity contribution < 1.29 is 44.5 Å². The van der Waals surface area contributed by atoms with Crippen LogP contribution in [0.4, 0.5) is 0 Å². The monoisotopic (exact) mass is 905 g/mol. The number of hydrogen-bond acceptors (Lipinski definition) is 15. The van der Waals surface area contributed by atoms with Gasteiger partial charge in [0.05, 0.1) is 66.1 Å². The summed E-state index contributed by atoms with van der Waals surface area (Å²) in [6.45, 7) is 23.0. The quantitative estimate of drug-likeness (QED) is 0.0994. The van der Waals surface area contributed by atoms with Gasteiger partial charge in [-0.1, -0.05) is 13.8 Å². The fourth-order valence-electron chi connectivity index (χ4n) is 9.83. The van der Waals surface area contributed by atoms with Gasteiger partial charge < -0.3 is 44.5 Å². The lowest BCUT2D eigenvalue weighted by atomic mass is 9.68. The van der Waals surface area contributed by atoms with Crippen LogP contribution in [0, 0.1) is 0 Å². The van der Waals surface area contributed by atoms with Gasteiger partial charge >= 0.3 is 0 Å². The van der Waals surface area contributed by atoms with Crippen LogP contribution in [0.3, 0.4) is 0 Å². The molecule has 4 aliphatic heterocycles. The van der Waals surface area contributed by atoms with Crippen LogP contribution in [-0.4, -0.2) is 200 Å². The normalized spacial score (nSPS) is 18.9. The maximum Gasteiger partial charge on any atom is 0.124 e. The van der Waals surface area contributed by atoms with Crippen LogP contribution in [0.5, 0.6) is 17.2 Å². The molecule has 0 spiro atoms. The Morgan fingerprint density at radius 2 is 0.692 bits per heavy atom. The van der Waals surface area contributed by atoms with Gasteiger partial charge in [-0.25, -0.2) is 0 Å². The first-order chi connectivity index (χ1) is 31.6. The van der Waals surface area contributed by atoms with Crippen molar-refractivity contribution in [1.82, 2.24) is 29.4 Å². The lowest BCUT2D eigenvalue weighted by Crippen LogP contribution is -2.37. The minimum absolute atomic E-state index is 0.00429. The van der Waals surface area contributed by atoms with Crippen molar-refractivity contribution in [1.29, 1.82) is 0 Å². The second-order valence-electron chi connectivity index (χ2n) is 18.3. The van der Waals surface area contributed by atoms with Crippen molar-refractivity contribution in [3.05, 3.63) is 86.5 Å². The van der Waals surface area contributed by atoms with Crippen LogP contribution in [0.2, 0.25) is 0 Å². The first kappa shape index (κ1) is 49.5. The molecule has 0 unspecified atom stereocenters. The highest BCUT2D eigenvalue weighted by Crippen LogP contribution is 2.46. The van der Waals surface area contributed by atoms with Crippen molar-refractivity contribution in [2.75, 3.05) is 145 Å². The van der Waals surface area contributed by atoms with E-state index in [-0.39, 0.29) is 19.0 Å².